The Hall–Kier alpha value is -2.15. The molecule has 1 unspecified atom stereocenters. The smallest absolute Gasteiger partial charge is 0.264 e. The van der Waals surface area contributed by atoms with Gasteiger partial charge in [0.15, 0.2) is 0 Å². The molecular weight excluding hydrogens is 348 g/mol. The van der Waals surface area contributed by atoms with Gasteiger partial charge >= 0.3 is 0 Å². The molecule has 1 N–H and O–H groups in total. The molecule has 0 aliphatic carbocycles. The minimum absolute atomic E-state index is 0.0244. The third-order valence-electron chi connectivity index (χ3n) is 4.99. The number of nitrogens with one attached hydrogen (secondary N) is 1. The number of carbonyl (C=O) groups is 2. The quantitative estimate of drug-likeness (QED) is 0.869. The van der Waals surface area contributed by atoms with Gasteiger partial charge in [0.25, 0.3) is 11.8 Å². The summed E-state index contributed by atoms with van der Waals surface area (Å²) in [4.78, 5) is 30.3. The number of carbonyl (C=O) groups excluding carboxylic acids is 2. The minimum atomic E-state index is -0.129. The molecule has 0 aromatic carbocycles. The number of aryl methyl sites for hydroxylation is 1. The lowest BCUT2D eigenvalue weighted by Crippen LogP contribution is -2.39. The summed E-state index contributed by atoms with van der Waals surface area (Å²) < 4.78 is 0. The molecule has 0 saturated carbocycles. The fourth-order valence-electron chi connectivity index (χ4n) is 3.56. The first-order valence-electron chi connectivity index (χ1n) is 9.25. The van der Waals surface area contributed by atoms with Gasteiger partial charge in [-0.15, -0.1) is 11.3 Å². The summed E-state index contributed by atoms with van der Waals surface area (Å²) in [5.74, 6) is 0.0207. The lowest BCUT2D eigenvalue weighted by atomic mass is 9.96. The lowest BCUT2D eigenvalue weighted by Gasteiger charge is -2.35. The number of rotatable bonds is 5. The van der Waals surface area contributed by atoms with Gasteiger partial charge < -0.3 is 9.80 Å². The van der Waals surface area contributed by atoms with Crippen molar-refractivity contribution in [2.24, 2.45) is 0 Å². The average molecular weight is 375 g/mol. The highest BCUT2D eigenvalue weighted by Crippen LogP contribution is 2.34. The van der Waals surface area contributed by atoms with E-state index in [2.05, 4.69) is 10.2 Å². The molecule has 2 aromatic rings. The number of aromatic amines is 1. The van der Waals surface area contributed by atoms with Crippen molar-refractivity contribution in [3.05, 3.63) is 39.3 Å². The van der Waals surface area contributed by atoms with Crippen molar-refractivity contribution in [1.82, 2.24) is 20.0 Å². The van der Waals surface area contributed by atoms with Crippen LogP contribution in [0.5, 0.6) is 0 Å². The summed E-state index contributed by atoms with van der Waals surface area (Å²) >= 11 is 1.48. The highest BCUT2D eigenvalue weighted by atomic mass is 32.1. The minimum Gasteiger partial charge on any atom is -0.339 e. The number of likely N-dealkylation sites (tertiary alicyclic amines) is 1. The second-order valence-electron chi connectivity index (χ2n) is 6.67. The van der Waals surface area contributed by atoms with Crippen LogP contribution in [-0.2, 0) is 0 Å². The molecule has 0 radical (unpaired) electrons. The van der Waals surface area contributed by atoms with Crippen LogP contribution >= 0.6 is 11.3 Å². The van der Waals surface area contributed by atoms with E-state index >= 15 is 0 Å². The van der Waals surface area contributed by atoms with Gasteiger partial charge in [-0.3, -0.25) is 14.7 Å². The number of piperidine rings is 1. The average Bonchev–Trinajstić information content (AvgIpc) is 3.31. The highest BCUT2D eigenvalue weighted by Gasteiger charge is 2.33. The zero-order valence-corrected chi connectivity index (χ0v) is 16.4. The molecular formula is C19H26N4O2S. The van der Waals surface area contributed by atoms with E-state index in [1.54, 1.807) is 11.1 Å². The topological polar surface area (TPSA) is 69.3 Å². The molecule has 1 aliphatic rings. The first kappa shape index (κ1) is 18.6. The first-order chi connectivity index (χ1) is 12.6. The maximum absolute atomic E-state index is 13.1. The van der Waals surface area contributed by atoms with E-state index in [1.165, 1.54) is 11.3 Å². The van der Waals surface area contributed by atoms with Crippen molar-refractivity contribution in [2.75, 3.05) is 19.6 Å². The summed E-state index contributed by atoms with van der Waals surface area (Å²) in [5.41, 5.74) is 2.45. The maximum atomic E-state index is 13.1. The van der Waals surface area contributed by atoms with E-state index in [4.69, 9.17) is 0 Å². The van der Waals surface area contributed by atoms with Crippen LogP contribution in [0.25, 0.3) is 0 Å². The maximum Gasteiger partial charge on any atom is 0.264 e. The van der Waals surface area contributed by atoms with Crippen LogP contribution in [0.3, 0.4) is 0 Å². The molecule has 2 amide bonds. The van der Waals surface area contributed by atoms with E-state index in [-0.39, 0.29) is 17.9 Å². The predicted octanol–water partition coefficient (Wildman–Crippen LogP) is 3.63. The summed E-state index contributed by atoms with van der Waals surface area (Å²) in [5, 5.41) is 9.14. The van der Waals surface area contributed by atoms with Crippen LogP contribution in [0, 0.1) is 6.92 Å². The molecule has 3 rings (SSSR count). The number of amides is 2. The van der Waals surface area contributed by atoms with Crippen LogP contribution in [0.4, 0.5) is 0 Å². The first-order valence-corrected chi connectivity index (χ1v) is 10.1. The van der Waals surface area contributed by atoms with Crippen molar-refractivity contribution in [1.29, 1.82) is 0 Å². The van der Waals surface area contributed by atoms with Gasteiger partial charge in [-0.1, -0.05) is 0 Å². The van der Waals surface area contributed by atoms with Gasteiger partial charge in [-0.05, 0) is 57.0 Å². The monoisotopic (exact) mass is 374 g/mol. The lowest BCUT2D eigenvalue weighted by molar-refractivity contribution is 0.0602. The molecule has 1 atom stereocenters. The normalized spacial score (nSPS) is 17.3. The SMILES string of the molecule is CCN(CC)C(=O)c1cn[nH]c1C1CCCCN1C(=O)c1cc(C)cs1. The number of thiophene rings is 1. The summed E-state index contributed by atoms with van der Waals surface area (Å²) in [7, 11) is 0. The molecule has 1 saturated heterocycles. The zero-order valence-electron chi connectivity index (χ0n) is 15.6. The Balaban J connectivity index is 1.90. The third-order valence-corrected chi connectivity index (χ3v) is 6.02. The van der Waals surface area contributed by atoms with Crippen molar-refractivity contribution in [3.63, 3.8) is 0 Å². The highest BCUT2D eigenvalue weighted by molar-refractivity contribution is 7.12. The van der Waals surface area contributed by atoms with Crippen molar-refractivity contribution < 1.29 is 9.59 Å². The van der Waals surface area contributed by atoms with Gasteiger partial charge in [-0.2, -0.15) is 5.10 Å². The molecule has 1 aliphatic heterocycles. The fraction of sp³-hybridized carbons (Fsp3) is 0.526. The van der Waals surface area contributed by atoms with Gasteiger partial charge in [0, 0.05) is 19.6 Å². The van der Waals surface area contributed by atoms with Crippen LogP contribution in [-0.4, -0.2) is 51.4 Å². The van der Waals surface area contributed by atoms with Gasteiger partial charge in [0.1, 0.15) is 0 Å². The Bertz CT molecular complexity index is 778. The van der Waals surface area contributed by atoms with Gasteiger partial charge in [0.05, 0.1) is 28.4 Å². The van der Waals surface area contributed by atoms with Crippen molar-refractivity contribution in [2.45, 2.75) is 46.1 Å². The van der Waals surface area contributed by atoms with Crippen LogP contribution in [0.1, 0.15) is 70.4 Å². The second kappa shape index (κ2) is 8.03. The number of aromatic nitrogens is 2. The molecule has 0 spiro atoms. The number of nitrogens with zero attached hydrogens (tertiary/aromatic N) is 3. The van der Waals surface area contributed by atoms with Crippen LogP contribution in [0.15, 0.2) is 17.6 Å². The molecule has 1 fully saturated rings. The molecule has 6 nitrogen and oxygen atoms in total. The molecule has 2 aromatic heterocycles. The fourth-order valence-corrected chi connectivity index (χ4v) is 4.41. The Labute approximate surface area is 158 Å². The van der Waals surface area contributed by atoms with Crippen molar-refractivity contribution >= 4 is 23.2 Å². The van der Waals surface area contributed by atoms with E-state index < -0.39 is 0 Å². The summed E-state index contributed by atoms with van der Waals surface area (Å²) in [6.07, 6.45) is 4.47. The Morgan fingerprint density at radius 2 is 2.12 bits per heavy atom. The molecule has 140 valence electrons. The van der Waals surface area contributed by atoms with Gasteiger partial charge in [-0.25, -0.2) is 0 Å². The molecule has 7 heteroatoms. The molecule has 26 heavy (non-hydrogen) atoms. The zero-order chi connectivity index (χ0) is 18.7. The molecule has 0 bridgehead atoms. The summed E-state index contributed by atoms with van der Waals surface area (Å²) in [6.45, 7) is 7.95. The largest absolute Gasteiger partial charge is 0.339 e. The van der Waals surface area contributed by atoms with E-state index in [0.29, 0.717) is 25.2 Å². The third kappa shape index (κ3) is 3.53. The predicted molar refractivity (Wildman–Crippen MR) is 103 cm³/mol. The van der Waals surface area contributed by atoms with Gasteiger partial charge in [0.2, 0.25) is 0 Å². The number of H-pyrrole nitrogens is 1. The van der Waals surface area contributed by atoms with E-state index in [1.807, 2.05) is 37.1 Å². The van der Waals surface area contributed by atoms with E-state index in [0.717, 1.165) is 35.4 Å². The Morgan fingerprint density at radius 3 is 2.77 bits per heavy atom. The number of hydrogen-bond donors (Lipinski definition) is 1. The summed E-state index contributed by atoms with van der Waals surface area (Å²) in [6, 6.07) is 1.81. The molecule has 3 heterocycles. The van der Waals surface area contributed by atoms with Crippen LogP contribution < -0.4 is 0 Å². The Kier molecular flexibility index (Phi) is 5.76. The Morgan fingerprint density at radius 1 is 1.35 bits per heavy atom. The van der Waals surface area contributed by atoms with Crippen molar-refractivity contribution in [3.8, 4) is 0 Å². The second-order valence-corrected chi connectivity index (χ2v) is 7.58. The standard InChI is InChI=1S/C19H26N4O2S/c1-4-22(5-2)18(24)14-11-20-21-17(14)15-8-6-7-9-23(15)19(25)16-10-13(3)12-26-16/h10-12,15H,4-9H2,1-3H3,(H,20,21). The van der Waals surface area contributed by atoms with Crippen LogP contribution in [0.2, 0.25) is 0 Å². The van der Waals surface area contributed by atoms with E-state index in [9.17, 15) is 9.59 Å². The number of hydrogen-bond acceptors (Lipinski definition) is 4.